The van der Waals surface area contributed by atoms with E-state index < -0.39 is 22.4 Å². The normalized spacial score (nSPS) is 24.2. The Bertz CT molecular complexity index is 635. The summed E-state index contributed by atoms with van der Waals surface area (Å²) in [6.45, 7) is 3.85. The van der Waals surface area contributed by atoms with E-state index in [0.717, 1.165) is 18.9 Å². The van der Waals surface area contributed by atoms with Crippen LogP contribution in [0, 0.1) is 11.7 Å². The van der Waals surface area contributed by atoms with Crippen LogP contribution >= 0.6 is 11.6 Å². The van der Waals surface area contributed by atoms with E-state index in [1.807, 2.05) is 6.92 Å². The Morgan fingerprint density at radius 3 is 2.67 bits per heavy atom. The van der Waals surface area contributed by atoms with Crippen molar-refractivity contribution in [3.63, 3.8) is 0 Å². The lowest BCUT2D eigenvalue weighted by molar-refractivity contribution is 0.220. The average Bonchev–Trinajstić information content (AvgIpc) is 2.41. The summed E-state index contributed by atoms with van der Waals surface area (Å²) in [7, 11) is -3.78. The molecule has 1 N–H and O–H groups in total. The van der Waals surface area contributed by atoms with E-state index in [1.54, 1.807) is 0 Å². The number of rotatable bonds is 3. The van der Waals surface area contributed by atoms with Crippen LogP contribution in [-0.4, -0.2) is 30.4 Å². The Morgan fingerprint density at radius 2 is 2.10 bits per heavy atom. The molecule has 1 saturated heterocycles. The highest BCUT2D eigenvalue weighted by Crippen LogP contribution is 2.31. The van der Waals surface area contributed by atoms with E-state index in [-0.39, 0.29) is 21.5 Å². The highest BCUT2D eigenvalue weighted by atomic mass is 35.5. The lowest BCUT2D eigenvalue weighted by Gasteiger charge is -2.35. The van der Waals surface area contributed by atoms with Crippen LogP contribution in [0.25, 0.3) is 0 Å². The van der Waals surface area contributed by atoms with Crippen molar-refractivity contribution in [3.05, 3.63) is 28.5 Å². The van der Waals surface area contributed by atoms with Gasteiger partial charge in [-0.25, -0.2) is 12.8 Å². The summed E-state index contributed by atoms with van der Waals surface area (Å²) in [5, 5.41) is 8.93. The molecule has 21 heavy (non-hydrogen) atoms. The van der Waals surface area contributed by atoms with Gasteiger partial charge in [-0.1, -0.05) is 18.5 Å². The standard InChI is InChI=1S/C14H19ClFNO3S/c1-9-3-4-17(10(2)5-9)21(19,20)12-6-11(8-18)14(15)13(16)7-12/h6-7,9-10,18H,3-5,8H2,1-2H3. The molecule has 0 radical (unpaired) electrons. The fourth-order valence-corrected chi connectivity index (χ4v) is 4.65. The molecule has 1 heterocycles. The highest BCUT2D eigenvalue weighted by Gasteiger charge is 2.34. The van der Waals surface area contributed by atoms with Gasteiger partial charge in [-0.05, 0) is 37.8 Å². The van der Waals surface area contributed by atoms with Crippen molar-refractivity contribution in [2.75, 3.05) is 6.54 Å². The molecule has 2 atom stereocenters. The minimum Gasteiger partial charge on any atom is -0.392 e. The van der Waals surface area contributed by atoms with Crippen molar-refractivity contribution in [1.82, 2.24) is 4.31 Å². The van der Waals surface area contributed by atoms with Gasteiger partial charge in [-0.15, -0.1) is 0 Å². The molecule has 1 fully saturated rings. The topological polar surface area (TPSA) is 57.6 Å². The van der Waals surface area contributed by atoms with E-state index >= 15 is 0 Å². The number of piperidine rings is 1. The second-order valence-electron chi connectivity index (χ2n) is 5.63. The summed E-state index contributed by atoms with van der Waals surface area (Å²) >= 11 is 5.71. The zero-order chi connectivity index (χ0) is 15.8. The van der Waals surface area contributed by atoms with Crippen molar-refractivity contribution < 1.29 is 17.9 Å². The van der Waals surface area contributed by atoms with E-state index in [4.69, 9.17) is 11.6 Å². The molecular weight excluding hydrogens is 317 g/mol. The molecule has 7 heteroatoms. The largest absolute Gasteiger partial charge is 0.392 e. The third-order valence-corrected chi connectivity index (χ3v) is 6.35. The van der Waals surface area contributed by atoms with Crippen LogP contribution in [0.5, 0.6) is 0 Å². The lowest BCUT2D eigenvalue weighted by Crippen LogP contribution is -2.44. The molecule has 1 aliphatic rings. The summed E-state index contributed by atoms with van der Waals surface area (Å²) in [5.74, 6) is -0.360. The fraction of sp³-hybridized carbons (Fsp3) is 0.571. The number of aliphatic hydroxyl groups excluding tert-OH is 1. The minimum absolute atomic E-state index is 0.0771. The molecular formula is C14H19ClFNO3S. The van der Waals surface area contributed by atoms with Gasteiger partial charge in [0.2, 0.25) is 10.0 Å². The van der Waals surface area contributed by atoms with Crippen molar-refractivity contribution in [2.24, 2.45) is 5.92 Å². The number of aliphatic hydroxyl groups is 1. The third kappa shape index (κ3) is 3.23. The first-order valence-corrected chi connectivity index (χ1v) is 8.69. The van der Waals surface area contributed by atoms with Crippen LogP contribution in [0.15, 0.2) is 17.0 Å². The monoisotopic (exact) mass is 335 g/mol. The lowest BCUT2D eigenvalue weighted by atomic mass is 9.95. The quantitative estimate of drug-likeness (QED) is 0.924. The smallest absolute Gasteiger partial charge is 0.243 e. The van der Waals surface area contributed by atoms with Gasteiger partial charge in [0, 0.05) is 18.2 Å². The van der Waals surface area contributed by atoms with Crippen molar-refractivity contribution in [3.8, 4) is 0 Å². The molecule has 118 valence electrons. The second kappa shape index (κ2) is 6.20. The van der Waals surface area contributed by atoms with E-state index in [0.29, 0.717) is 12.5 Å². The molecule has 0 bridgehead atoms. The Kier molecular flexibility index (Phi) is 4.92. The fourth-order valence-electron chi connectivity index (χ4n) is 2.76. The second-order valence-corrected chi connectivity index (χ2v) is 7.90. The first-order chi connectivity index (χ1) is 9.77. The molecule has 0 aliphatic carbocycles. The predicted octanol–water partition coefficient (Wildman–Crippen LogP) is 2.78. The number of hydrogen-bond acceptors (Lipinski definition) is 3. The third-order valence-electron chi connectivity index (χ3n) is 3.93. The van der Waals surface area contributed by atoms with Crippen molar-refractivity contribution in [2.45, 2.75) is 44.2 Å². The SMILES string of the molecule is CC1CCN(S(=O)(=O)c2cc(F)c(Cl)c(CO)c2)C(C)C1. The van der Waals surface area contributed by atoms with Crippen LogP contribution in [-0.2, 0) is 16.6 Å². The molecule has 2 rings (SSSR count). The van der Waals surface area contributed by atoms with Crippen molar-refractivity contribution >= 4 is 21.6 Å². The van der Waals surface area contributed by atoms with E-state index in [9.17, 15) is 17.9 Å². The van der Waals surface area contributed by atoms with Gasteiger partial charge in [0.15, 0.2) is 0 Å². The first-order valence-electron chi connectivity index (χ1n) is 6.88. The zero-order valence-corrected chi connectivity index (χ0v) is 13.6. The van der Waals surface area contributed by atoms with Gasteiger partial charge in [0.1, 0.15) is 5.82 Å². The van der Waals surface area contributed by atoms with Crippen molar-refractivity contribution in [1.29, 1.82) is 0 Å². The van der Waals surface area contributed by atoms with Gasteiger partial charge in [0.05, 0.1) is 16.5 Å². The van der Waals surface area contributed by atoms with Gasteiger partial charge >= 0.3 is 0 Å². The summed E-state index contributed by atoms with van der Waals surface area (Å²) in [5.41, 5.74) is 0.0771. The van der Waals surface area contributed by atoms with Gasteiger partial charge in [-0.2, -0.15) is 4.31 Å². The summed E-state index contributed by atoms with van der Waals surface area (Å²) < 4.78 is 40.5. The van der Waals surface area contributed by atoms with Gasteiger partial charge in [-0.3, -0.25) is 0 Å². The van der Waals surface area contributed by atoms with Crippen LogP contribution in [0.3, 0.4) is 0 Å². The first kappa shape index (κ1) is 16.7. The van der Waals surface area contributed by atoms with Crippen LogP contribution in [0.4, 0.5) is 4.39 Å². The maximum atomic E-state index is 13.8. The number of sulfonamides is 1. The molecule has 1 aromatic carbocycles. The molecule has 1 aliphatic heterocycles. The minimum atomic E-state index is -3.78. The summed E-state index contributed by atoms with van der Waals surface area (Å²) in [6.07, 6.45) is 1.56. The molecule has 4 nitrogen and oxygen atoms in total. The maximum Gasteiger partial charge on any atom is 0.243 e. The molecule has 1 aromatic rings. The number of halogens is 2. The van der Waals surface area contributed by atoms with Gasteiger partial charge in [0.25, 0.3) is 0 Å². The number of nitrogens with zero attached hydrogens (tertiary/aromatic N) is 1. The van der Waals surface area contributed by atoms with E-state index in [1.165, 1.54) is 10.4 Å². The molecule has 0 aromatic heterocycles. The van der Waals surface area contributed by atoms with Crippen LogP contribution < -0.4 is 0 Å². The maximum absolute atomic E-state index is 13.8. The highest BCUT2D eigenvalue weighted by molar-refractivity contribution is 7.89. The Hall–Kier alpha value is -0.690. The summed E-state index contributed by atoms with van der Waals surface area (Å²) in [4.78, 5) is -0.158. The van der Waals surface area contributed by atoms with E-state index in [2.05, 4.69) is 6.92 Å². The Labute approximate surface area is 129 Å². The average molecular weight is 336 g/mol. The number of benzene rings is 1. The van der Waals surface area contributed by atoms with Gasteiger partial charge < -0.3 is 5.11 Å². The predicted molar refractivity (Wildman–Crippen MR) is 79.1 cm³/mol. The molecule has 0 amide bonds. The Balaban J connectivity index is 2.42. The molecule has 0 saturated carbocycles. The zero-order valence-electron chi connectivity index (χ0n) is 12.0. The molecule has 0 spiro atoms. The van der Waals surface area contributed by atoms with Crippen LogP contribution in [0.2, 0.25) is 5.02 Å². The number of hydrogen-bond donors (Lipinski definition) is 1. The summed E-state index contributed by atoms with van der Waals surface area (Å²) in [6, 6.07) is 2.03. The Morgan fingerprint density at radius 1 is 1.43 bits per heavy atom. The van der Waals surface area contributed by atoms with Crippen LogP contribution in [0.1, 0.15) is 32.3 Å². The molecule has 2 unspecified atom stereocenters.